The van der Waals surface area contributed by atoms with E-state index in [2.05, 4.69) is 6.07 Å². The highest BCUT2D eigenvalue weighted by molar-refractivity contribution is 5.94. The second kappa shape index (κ2) is 7.56. The Morgan fingerprint density at radius 2 is 1.96 bits per heavy atom. The fourth-order valence-corrected chi connectivity index (χ4v) is 3.23. The first-order chi connectivity index (χ1) is 11.8. The molecule has 1 atom stereocenters. The normalized spacial score (nSPS) is 17.2. The fourth-order valence-electron chi connectivity index (χ4n) is 3.23. The number of carbonyl (C=O) groups is 2. The number of ether oxygens (including phenoxy) is 1. The number of phenols is 1. The molecule has 6 nitrogen and oxygen atoms in total. The molecule has 1 aromatic rings. The third-order valence-corrected chi connectivity index (χ3v) is 4.87. The maximum atomic E-state index is 12.6. The van der Waals surface area contributed by atoms with Crippen molar-refractivity contribution in [1.29, 1.82) is 5.26 Å². The lowest BCUT2D eigenvalue weighted by Gasteiger charge is -2.39. The van der Waals surface area contributed by atoms with Gasteiger partial charge in [0.05, 0.1) is 6.07 Å². The van der Waals surface area contributed by atoms with Gasteiger partial charge in [-0.1, -0.05) is 25.3 Å². The number of hydrogen-bond donors (Lipinski definition) is 1. The van der Waals surface area contributed by atoms with Gasteiger partial charge < -0.3 is 14.7 Å². The third kappa shape index (κ3) is 3.93. The monoisotopic (exact) mass is 344 g/mol. The molecule has 1 aromatic carbocycles. The van der Waals surface area contributed by atoms with E-state index in [1.165, 1.54) is 24.0 Å². The minimum absolute atomic E-state index is 0.0144. The molecular formula is C19H24N2O4. The number of benzene rings is 1. The molecule has 0 aliphatic heterocycles. The Balaban J connectivity index is 2.09. The van der Waals surface area contributed by atoms with Gasteiger partial charge in [0.2, 0.25) is 0 Å². The number of hydrogen-bond acceptors (Lipinski definition) is 5. The predicted octanol–water partition coefficient (Wildman–Crippen LogP) is 2.93. The lowest BCUT2D eigenvalue weighted by molar-refractivity contribution is -0.143. The van der Waals surface area contributed by atoms with Crippen LogP contribution in [-0.2, 0) is 9.53 Å². The summed E-state index contributed by atoms with van der Waals surface area (Å²) < 4.78 is 5.22. The Bertz CT molecular complexity index is 702. The van der Waals surface area contributed by atoms with Crippen LogP contribution in [0.3, 0.4) is 0 Å². The first-order valence-electron chi connectivity index (χ1n) is 8.50. The van der Waals surface area contributed by atoms with E-state index in [0.29, 0.717) is 12.8 Å². The molecule has 0 heterocycles. The molecule has 2 rings (SSSR count). The highest BCUT2D eigenvalue weighted by Gasteiger charge is 2.40. The van der Waals surface area contributed by atoms with Gasteiger partial charge in [-0.25, -0.2) is 4.79 Å². The van der Waals surface area contributed by atoms with Crippen LogP contribution < -0.4 is 0 Å². The summed E-state index contributed by atoms with van der Waals surface area (Å²) >= 11 is 0. The van der Waals surface area contributed by atoms with Gasteiger partial charge in [0.15, 0.2) is 6.10 Å². The number of nitrogens with zero attached hydrogens (tertiary/aromatic N) is 2. The Kier molecular flexibility index (Phi) is 5.68. The van der Waals surface area contributed by atoms with Gasteiger partial charge in [-0.15, -0.1) is 0 Å². The van der Waals surface area contributed by atoms with Crippen LogP contribution in [0.25, 0.3) is 0 Å². The number of rotatable bonds is 4. The van der Waals surface area contributed by atoms with E-state index >= 15 is 0 Å². The zero-order valence-corrected chi connectivity index (χ0v) is 14.9. The molecule has 1 aliphatic rings. The number of nitriles is 1. The van der Waals surface area contributed by atoms with Crippen LogP contribution >= 0.6 is 0 Å². The average Bonchev–Trinajstić information content (AvgIpc) is 2.60. The van der Waals surface area contributed by atoms with E-state index in [0.717, 1.165) is 24.8 Å². The highest BCUT2D eigenvalue weighted by Crippen LogP contribution is 2.33. The van der Waals surface area contributed by atoms with Gasteiger partial charge in [0.1, 0.15) is 16.9 Å². The van der Waals surface area contributed by atoms with Crippen LogP contribution in [0.1, 0.15) is 54.9 Å². The number of phenolic OH excluding ortho intramolecular Hbond substituents is 1. The molecule has 0 unspecified atom stereocenters. The fraction of sp³-hybridized carbons (Fsp3) is 0.526. The summed E-state index contributed by atoms with van der Waals surface area (Å²) in [5.41, 5.74) is -0.00567. The van der Waals surface area contributed by atoms with E-state index in [-0.39, 0.29) is 11.3 Å². The Labute approximate surface area is 148 Å². The minimum atomic E-state index is -1.04. The first kappa shape index (κ1) is 18.8. The van der Waals surface area contributed by atoms with Crippen molar-refractivity contribution in [1.82, 2.24) is 4.90 Å². The Morgan fingerprint density at radius 1 is 1.32 bits per heavy atom. The Morgan fingerprint density at radius 3 is 2.52 bits per heavy atom. The largest absolute Gasteiger partial charge is 0.507 e. The minimum Gasteiger partial charge on any atom is -0.507 e. The van der Waals surface area contributed by atoms with Crippen molar-refractivity contribution < 1.29 is 19.4 Å². The van der Waals surface area contributed by atoms with E-state index < -0.39 is 23.5 Å². The molecule has 0 saturated heterocycles. The number of carbonyl (C=O) groups excluding carboxylic acids is 2. The molecule has 25 heavy (non-hydrogen) atoms. The van der Waals surface area contributed by atoms with Gasteiger partial charge in [-0.3, -0.25) is 4.79 Å². The van der Waals surface area contributed by atoms with Crippen molar-refractivity contribution in [3.8, 4) is 11.8 Å². The van der Waals surface area contributed by atoms with Gasteiger partial charge in [-0.2, -0.15) is 5.26 Å². The molecule has 1 aliphatic carbocycles. The average molecular weight is 344 g/mol. The molecular weight excluding hydrogens is 320 g/mol. The number of likely N-dealkylation sites (N-methyl/N-ethyl adjacent to an activating group) is 1. The molecule has 1 amide bonds. The maximum Gasteiger partial charge on any atom is 0.342 e. The zero-order chi connectivity index (χ0) is 18.6. The zero-order valence-electron chi connectivity index (χ0n) is 14.9. The lowest BCUT2D eigenvalue weighted by Crippen LogP contribution is -2.53. The van der Waals surface area contributed by atoms with Crippen LogP contribution in [0, 0.1) is 18.3 Å². The van der Waals surface area contributed by atoms with Gasteiger partial charge >= 0.3 is 5.97 Å². The van der Waals surface area contributed by atoms with Gasteiger partial charge in [0, 0.05) is 7.05 Å². The maximum absolute atomic E-state index is 12.6. The molecule has 0 aromatic heterocycles. The van der Waals surface area contributed by atoms with Crippen LogP contribution in [0.2, 0.25) is 0 Å². The number of aryl methyl sites for hydroxylation is 1. The van der Waals surface area contributed by atoms with E-state index in [9.17, 15) is 20.0 Å². The van der Waals surface area contributed by atoms with Gasteiger partial charge in [0.25, 0.3) is 5.91 Å². The van der Waals surface area contributed by atoms with E-state index in [4.69, 9.17) is 4.74 Å². The van der Waals surface area contributed by atoms with Crippen molar-refractivity contribution in [2.45, 2.75) is 57.6 Å². The summed E-state index contributed by atoms with van der Waals surface area (Å²) in [6.45, 7) is 3.28. The summed E-state index contributed by atoms with van der Waals surface area (Å²) in [4.78, 5) is 26.3. The number of amides is 1. The van der Waals surface area contributed by atoms with Crippen molar-refractivity contribution >= 4 is 11.9 Å². The summed E-state index contributed by atoms with van der Waals surface area (Å²) in [6, 6.07) is 6.88. The molecule has 0 bridgehead atoms. The van der Waals surface area contributed by atoms with Crippen LogP contribution in [0.4, 0.5) is 0 Å². The topological polar surface area (TPSA) is 90.6 Å². The second-order valence-electron chi connectivity index (χ2n) is 6.67. The van der Waals surface area contributed by atoms with Crippen molar-refractivity contribution in [3.63, 3.8) is 0 Å². The van der Waals surface area contributed by atoms with Crippen LogP contribution in [0.5, 0.6) is 5.75 Å². The lowest BCUT2D eigenvalue weighted by atomic mass is 9.81. The summed E-state index contributed by atoms with van der Waals surface area (Å²) in [5.74, 6) is -1.36. The summed E-state index contributed by atoms with van der Waals surface area (Å²) in [7, 11) is 1.59. The molecule has 6 heteroatoms. The third-order valence-electron chi connectivity index (χ3n) is 4.87. The van der Waals surface area contributed by atoms with Crippen LogP contribution in [-0.4, -0.2) is 40.6 Å². The van der Waals surface area contributed by atoms with Crippen LogP contribution in [0.15, 0.2) is 18.2 Å². The molecule has 1 saturated carbocycles. The van der Waals surface area contributed by atoms with Crippen molar-refractivity contribution in [3.05, 3.63) is 29.3 Å². The first-order valence-corrected chi connectivity index (χ1v) is 8.50. The SMILES string of the molecule is Cc1ccc(C(=O)O[C@H](C)C(=O)N(C)C2(C#N)CCCCC2)c(O)c1. The molecule has 134 valence electrons. The Hall–Kier alpha value is -2.55. The van der Waals surface area contributed by atoms with Crippen molar-refractivity contribution in [2.24, 2.45) is 0 Å². The summed E-state index contributed by atoms with van der Waals surface area (Å²) in [5, 5.41) is 19.4. The van der Waals surface area contributed by atoms with E-state index in [1.54, 1.807) is 20.0 Å². The molecule has 1 N–H and O–H groups in total. The predicted molar refractivity (Wildman–Crippen MR) is 91.9 cm³/mol. The smallest absolute Gasteiger partial charge is 0.342 e. The van der Waals surface area contributed by atoms with Gasteiger partial charge in [-0.05, 0) is 44.4 Å². The molecule has 0 spiro atoms. The highest BCUT2D eigenvalue weighted by atomic mass is 16.5. The molecule has 0 radical (unpaired) electrons. The van der Waals surface area contributed by atoms with Crippen molar-refractivity contribution in [2.75, 3.05) is 7.05 Å². The number of esters is 1. The number of aromatic hydroxyl groups is 1. The summed E-state index contributed by atoms with van der Waals surface area (Å²) in [6.07, 6.45) is 3.08. The quantitative estimate of drug-likeness (QED) is 0.848. The standard InChI is InChI=1S/C19H24N2O4/c1-13-7-8-15(16(22)11-13)18(24)25-14(2)17(23)21(3)19(12-20)9-5-4-6-10-19/h7-8,11,14,22H,4-6,9-10H2,1-3H3/t14-/m1/s1. The second-order valence-corrected chi connectivity index (χ2v) is 6.67. The molecule has 1 fully saturated rings. The van der Waals surface area contributed by atoms with E-state index in [1.807, 2.05) is 0 Å².